The molecule has 3 amide bonds. The average molecular weight is 474 g/mol. The minimum Gasteiger partial charge on any atom is -0.319 e. The number of para-hydroxylation sites is 1. The maximum Gasteiger partial charge on any atom is 0.321 e. The first-order chi connectivity index (χ1) is 16.8. The number of carbonyl (C=O) groups excluding carboxylic acids is 2. The first kappa shape index (κ1) is 22.0. The Labute approximate surface area is 204 Å². The molecule has 3 aliphatic rings. The number of nitrogens with zero attached hydrogens (tertiary/aromatic N) is 5. The van der Waals surface area contributed by atoms with Gasteiger partial charge >= 0.3 is 6.03 Å². The van der Waals surface area contributed by atoms with Gasteiger partial charge in [0.1, 0.15) is 5.69 Å². The third-order valence-corrected chi connectivity index (χ3v) is 7.95. The Morgan fingerprint density at radius 2 is 1.97 bits per heavy atom. The van der Waals surface area contributed by atoms with Crippen molar-refractivity contribution in [1.29, 1.82) is 0 Å². The standard InChI is InChI=1S/C26H31N7O2/c1-16-13-31-12-6-8-18(31)14-32(16)25(35)33-15-19-22(26(33,2)3)29-30-23(19)28-24(34)21-11-10-17-7-4-5-9-20(17)27-21/h4-5,7,9-11,16,18H,6,8,12-15H2,1-3H3,(H2,28,29,30,34)/t16-,18-/m0/s1. The molecule has 0 radical (unpaired) electrons. The second kappa shape index (κ2) is 8.05. The van der Waals surface area contributed by atoms with Crippen molar-refractivity contribution in [1.82, 2.24) is 29.9 Å². The molecule has 6 rings (SSSR count). The molecular weight excluding hydrogens is 442 g/mol. The third kappa shape index (κ3) is 3.56. The molecule has 2 fully saturated rings. The second-order valence-electron chi connectivity index (χ2n) is 10.5. The van der Waals surface area contributed by atoms with Gasteiger partial charge in [-0.1, -0.05) is 24.3 Å². The van der Waals surface area contributed by atoms with Crippen molar-refractivity contribution in [3.8, 4) is 0 Å². The molecular formula is C26H31N7O2. The summed E-state index contributed by atoms with van der Waals surface area (Å²) >= 11 is 0. The van der Waals surface area contributed by atoms with Gasteiger partial charge in [-0.25, -0.2) is 9.78 Å². The summed E-state index contributed by atoms with van der Waals surface area (Å²) in [7, 11) is 0. The SMILES string of the molecule is C[C@H]1CN2CCC[C@H]2CN1C(=O)N1Cc2c(NC(=O)c3ccc4ccccc4n3)n[nH]c2C1(C)C. The van der Waals surface area contributed by atoms with Crippen molar-refractivity contribution in [3.63, 3.8) is 0 Å². The number of nitrogens with one attached hydrogen (secondary N) is 2. The number of carbonyl (C=O) groups is 2. The van der Waals surface area contributed by atoms with Gasteiger partial charge in [0.2, 0.25) is 0 Å². The Bertz CT molecular complexity index is 1320. The van der Waals surface area contributed by atoms with Crippen LogP contribution in [0.1, 0.15) is 55.4 Å². The van der Waals surface area contributed by atoms with Gasteiger partial charge in [-0.3, -0.25) is 14.8 Å². The molecule has 5 heterocycles. The highest BCUT2D eigenvalue weighted by molar-refractivity contribution is 6.04. The topological polar surface area (TPSA) is 97.5 Å². The number of pyridine rings is 1. The van der Waals surface area contributed by atoms with Crippen LogP contribution in [0.3, 0.4) is 0 Å². The number of piperazine rings is 1. The number of hydrogen-bond acceptors (Lipinski definition) is 5. The molecule has 0 bridgehead atoms. The van der Waals surface area contributed by atoms with E-state index in [-0.39, 0.29) is 18.0 Å². The highest BCUT2D eigenvalue weighted by Gasteiger charge is 2.47. The van der Waals surface area contributed by atoms with E-state index < -0.39 is 5.54 Å². The van der Waals surface area contributed by atoms with Gasteiger partial charge in [0, 0.05) is 36.1 Å². The lowest BCUT2D eigenvalue weighted by Gasteiger charge is -2.45. The maximum atomic E-state index is 13.8. The second-order valence-corrected chi connectivity index (χ2v) is 10.5. The Hall–Kier alpha value is -3.46. The van der Waals surface area contributed by atoms with E-state index in [1.165, 1.54) is 6.42 Å². The van der Waals surface area contributed by atoms with E-state index in [9.17, 15) is 9.59 Å². The van der Waals surface area contributed by atoms with Crippen LogP contribution in [0.15, 0.2) is 36.4 Å². The van der Waals surface area contributed by atoms with Crippen molar-refractivity contribution in [2.45, 2.75) is 57.8 Å². The van der Waals surface area contributed by atoms with Crippen LogP contribution in [0.4, 0.5) is 10.6 Å². The zero-order valence-corrected chi connectivity index (χ0v) is 20.4. The van der Waals surface area contributed by atoms with Gasteiger partial charge < -0.3 is 15.1 Å². The van der Waals surface area contributed by atoms with Gasteiger partial charge in [0.05, 0.1) is 23.3 Å². The Balaban J connectivity index is 1.22. The predicted molar refractivity (Wildman–Crippen MR) is 133 cm³/mol. The molecule has 35 heavy (non-hydrogen) atoms. The van der Waals surface area contributed by atoms with Crippen molar-refractivity contribution in [2.75, 3.05) is 25.0 Å². The predicted octanol–water partition coefficient (Wildman–Crippen LogP) is 3.55. The summed E-state index contributed by atoms with van der Waals surface area (Å²) in [6.07, 6.45) is 2.36. The lowest BCUT2D eigenvalue weighted by molar-refractivity contribution is 0.0454. The van der Waals surface area contributed by atoms with E-state index in [0.29, 0.717) is 24.1 Å². The average Bonchev–Trinajstić information content (AvgIpc) is 3.53. The Morgan fingerprint density at radius 3 is 2.83 bits per heavy atom. The first-order valence-corrected chi connectivity index (χ1v) is 12.4. The molecule has 9 heteroatoms. The number of amides is 3. The highest BCUT2D eigenvalue weighted by atomic mass is 16.2. The summed E-state index contributed by atoms with van der Waals surface area (Å²) in [6.45, 7) is 9.43. The number of anilines is 1. The van der Waals surface area contributed by atoms with Gasteiger partial charge in [-0.2, -0.15) is 5.10 Å². The molecule has 182 valence electrons. The van der Waals surface area contributed by atoms with Crippen LogP contribution in [0.25, 0.3) is 10.9 Å². The van der Waals surface area contributed by atoms with E-state index in [2.05, 4.69) is 32.3 Å². The van der Waals surface area contributed by atoms with E-state index in [1.54, 1.807) is 6.07 Å². The summed E-state index contributed by atoms with van der Waals surface area (Å²) in [5, 5.41) is 11.4. The first-order valence-electron chi connectivity index (χ1n) is 12.4. The van der Waals surface area contributed by atoms with Gasteiger partial charge in [-0.15, -0.1) is 0 Å². The molecule has 2 saturated heterocycles. The van der Waals surface area contributed by atoms with Gasteiger partial charge in [-0.05, 0) is 52.3 Å². The normalized spacial score (nSPS) is 23.4. The van der Waals surface area contributed by atoms with Gasteiger partial charge in [0.15, 0.2) is 5.82 Å². The van der Waals surface area contributed by atoms with E-state index in [0.717, 1.165) is 48.2 Å². The third-order valence-electron chi connectivity index (χ3n) is 7.95. The number of benzene rings is 1. The van der Waals surface area contributed by atoms with Crippen LogP contribution in [0.2, 0.25) is 0 Å². The van der Waals surface area contributed by atoms with E-state index in [4.69, 9.17) is 0 Å². The minimum absolute atomic E-state index is 0.0483. The molecule has 2 aromatic heterocycles. The van der Waals surface area contributed by atoms with E-state index in [1.807, 2.05) is 54.0 Å². The van der Waals surface area contributed by atoms with Crippen molar-refractivity contribution < 1.29 is 9.59 Å². The van der Waals surface area contributed by atoms with Crippen LogP contribution in [0.5, 0.6) is 0 Å². The summed E-state index contributed by atoms with van der Waals surface area (Å²) in [5.74, 6) is 0.135. The lowest BCUT2D eigenvalue weighted by atomic mass is 10.0. The van der Waals surface area contributed by atoms with Gasteiger partial charge in [0.25, 0.3) is 5.91 Å². The Morgan fingerprint density at radius 1 is 1.14 bits per heavy atom. The van der Waals surface area contributed by atoms with Crippen LogP contribution in [-0.4, -0.2) is 73.5 Å². The summed E-state index contributed by atoms with van der Waals surface area (Å²) in [6, 6.07) is 12.0. The fourth-order valence-electron chi connectivity index (χ4n) is 5.90. The number of fused-ring (bicyclic) bond motifs is 3. The number of rotatable bonds is 2. The largest absolute Gasteiger partial charge is 0.321 e. The zero-order chi connectivity index (χ0) is 24.3. The molecule has 3 aliphatic heterocycles. The summed E-state index contributed by atoms with van der Waals surface area (Å²) in [5.41, 5.74) is 2.25. The monoisotopic (exact) mass is 473 g/mol. The number of aromatic amines is 1. The summed E-state index contributed by atoms with van der Waals surface area (Å²) < 4.78 is 0. The number of urea groups is 1. The van der Waals surface area contributed by atoms with Crippen LogP contribution < -0.4 is 5.32 Å². The zero-order valence-electron chi connectivity index (χ0n) is 20.4. The number of hydrogen-bond donors (Lipinski definition) is 2. The molecule has 2 N–H and O–H groups in total. The van der Waals surface area contributed by atoms with Crippen LogP contribution >= 0.6 is 0 Å². The molecule has 0 saturated carbocycles. The van der Waals surface area contributed by atoms with Crippen molar-refractivity contribution in [2.24, 2.45) is 0 Å². The summed E-state index contributed by atoms with van der Waals surface area (Å²) in [4.78, 5) is 37.7. The van der Waals surface area contributed by atoms with Crippen molar-refractivity contribution in [3.05, 3.63) is 53.3 Å². The Kier molecular flexibility index (Phi) is 5.07. The molecule has 9 nitrogen and oxygen atoms in total. The van der Waals surface area contributed by atoms with Crippen LogP contribution in [-0.2, 0) is 12.1 Å². The molecule has 3 aromatic rings. The lowest BCUT2D eigenvalue weighted by Crippen LogP contribution is -2.60. The van der Waals surface area contributed by atoms with E-state index >= 15 is 0 Å². The fourth-order valence-corrected chi connectivity index (χ4v) is 5.90. The fraction of sp³-hybridized carbons (Fsp3) is 0.462. The minimum atomic E-state index is -0.559. The number of H-pyrrole nitrogens is 1. The quantitative estimate of drug-likeness (QED) is 0.593. The molecule has 1 aromatic carbocycles. The molecule has 2 atom stereocenters. The molecule has 0 aliphatic carbocycles. The molecule has 0 unspecified atom stereocenters. The maximum absolute atomic E-state index is 13.8. The van der Waals surface area contributed by atoms with Crippen molar-refractivity contribution >= 4 is 28.7 Å². The van der Waals surface area contributed by atoms with Crippen LogP contribution in [0, 0.1) is 0 Å². The number of aromatic nitrogens is 3. The molecule has 0 spiro atoms. The smallest absolute Gasteiger partial charge is 0.319 e. The highest BCUT2D eigenvalue weighted by Crippen LogP contribution is 2.41.